The van der Waals surface area contributed by atoms with Crippen molar-refractivity contribution in [3.63, 3.8) is 0 Å². The van der Waals surface area contributed by atoms with Gasteiger partial charge in [0.05, 0.1) is 17.8 Å². The highest BCUT2D eigenvalue weighted by Crippen LogP contribution is 2.25. The van der Waals surface area contributed by atoms with Crippen LogP contribution in [0.25, 0.3) is 0 Å². The van der Waals surface area contributed by atoms with Crippen LogP contribution in [-0.4, -0.2) is 17.6 Å². The highest BCUT2D eigenvalue weighted by molar-refractivity contribution is 6.31. The molecule has 6 heteroatoms. The molecule has 19 heavy (non-hydrogen) atoms. The van der Waals surface area contributed by atoms with Crippen LogP contribution in [0.4, 0.5) is 11.4 Å². The molecule has 2 rings (SSSR count). The summed E-state index contributed by atoms with van der Waals surface area (Å²) in [5.41, 5.74) is 7.30. The number of anilines is 2. The Balaban J connectivity index is 2.21. The van der Waals surface area contributed by atoms with Gasteiger partial charge in [0.2, 0.25) is 0 Å². The zero-order valence-corrected chi connectivity index (χ0v) is 11.4. The molecule has 3 N–H and O–H groups in total. The molecule has 0 fully saturated rings. The Morgan fingerprint density at radius 1 is 1.42 bits per heavy atom. The fourth-order valence-electron chi connectivity index (χ4n) is 1.73. The van der Waals surface area contributed by atoms with Crippen LogP contribution < -0.4 is 15.8 Å². The minimum Gasteiger partial charge on any atom is -0.495 e. The molecule has 0 saturated carbocycles. The van der Waals surface area contributed by atoms with Crippen LogP contribution >= 0.6 is 11.6 Å². The Morgan fingerprint density at radius 3 is 2.74 bits per heavy atom. The van der Waals surface area contributed by atoms with E-state index in [1.807, 2.05) is 0 Å². The van der Waals surface area contributed by atoms with Crippen molar-refractivity contribution in [3.05, 3.63) is 41.2 Å². The van der Waals surface area contributed by atoms with Crippen LogP contribution in [0.2, 0.25) is 5.02 Å². The molecule has 1 heterocycles. The number of hydrogen-bond donors (Lipinski definition) is 2. The number of amides is 1. The number of aromatic nitrogens is 1. The zero-order valence-electron chi connectivity index (χ0n) is 10.6. The first-order chi connectivity index (χ1) is 9.01. The van der Waals surface area contributed by atoms with E-state index >= 15 is 0 Å². The van der Waals surface area contributed by atoms with E-state index < -0.39 is 0 Å². The van der Waals surface area contributed by atoms with Crippen molar-refractivity contribution in [1.82, 2.24) is 4.57 Å². The minimum atomic E-state index is -0.249. The quantitative estimate of drug-likeness (QED) is 0.848. The minimum absolute atomic E-state index is 0.249. The summed E-state index contributed by atoms with van der Waals surface area (Å²) in [5.74, 6) is 0.268. The van der Waals surface area contributed by atoms with E-state index in [0.717, 1.165) is 0 Å². The van der Waals surface area contributed by atoms with Crippen LogP contribution in [-0.2, 0) is 7.05 Å². The predicted molar refractivity (Wildman–Crippen MR) is 75.8 cm³/mol. The molecular formula is C13H14ClN3O2. The van der Waals surface area contributed by atoms with Crippen molar-refractivity contribution in [2.24, 2.45) is 7.05 Å². The molecule has 0 aliphatic heterocycles. The number of ether oxygens (including phenoxy) is 1. The summed E-state index contributed by atoms with van der Waals surface area (Å²) < 4.78 is 6.76. The maximum absolute atomic E-state index is 12.1. The van der Waals surface area contributed by atoms with E-state index in [4.69, 9.17) is 22.1 Å². The van der Waals surface area contributed by atoms with Gasteiger partial charge in [-0.05, 0) is 18.2 Å². The number of halogens is 1. The monoisotopic (exact) mass is 279 g/mol. The third-order valence-electron chi connectivity index (χ3n) is 2.70. The number of benzene rings is 1. The van der Waals surface area contributed by atoms with E-state index in [-0.39, 0.29) is 5.91 Å². The first-order valence-corrected chi connectivity index (χ1v) is 5.96. The maximum Gasteiger partial charge on any atom is 0.272 e. The van der Waals surface area contributed by atoms with Crippen LogP contribution in [0.1, 0.15) is 10.5 Å². The second-order valence-corrected chi connectivity index (χ2v) is 4.50. The van der Waals surface area contributed by atoms with Gasteiger partial charge in [0.25, 0.3) is 5.91 Å². The molecule has 1 aromatic carbocycles. The smallest absolute Gasteiger partial charge is 0.272 e. The standard InChI is InChI=1S/C13H14ClN3O2/c1-17-7-8(14)5-11(17)13(18)16-9-3-4-10(15)12(6-9)19-2/h3-7H,15H2,1-2H3,(H,16,18). The number of nitrogens with one attached hydrogen (secondary N) is 1. The normalized spacial score (nSPS) is 10.3. The summed E-state index contributed by atoms with van der Waals surface area (Å²) in [6.07, 6.45) is 1.67. The SMILES string of the molecule is COc1cc(NC(=O)c2cc(Cl)cn2C)ccc1N. The van der Waals surface area contributed by atoms with Crippen molar-refractivity contribution < 1.29 is 9.53 Å². The topological polar surface area (TPSA) is 69.3 Å². The van der Waals surface area contributed by atoms with Gasteiger partial charge in [-0.1, -0.05) is 11.6 Å². The van der Waals surface area contributed by atoms with Gasteiger partial charge in [-0.2, -0.15) is 0 Å². The molecule has 100 valence electrons. The van der Waals surface area contributed by atoms with Crippen molar-refractivity contribution >= 4 is 28.9 Å². The molecule has 0 bridgehead atoms. The zero-order chi connectivity index (χ0) is 14.0. The number of nitrogens with two attached hydrogens (primary N) is 1. The first kappa shape index (κ1) is 13.3. The summed E-state index contributed by atoms with van der Waals surface area (Å²) in [4.78, 5) is 12.1. The summed E-state index contributed by atoms with van der Waals surface area (Å²) in [5, 5.41) is 3.28. The van der Waals surface area contributed by atoms with Gasteiger partial charge in [-0.3, -0.25) is 4.79 Å². The van der Waals surface area contributed by atoms with Crippen molar-refractivity contribution in [2.45, 2.75) is 0 Å². The molecule has 0 unspecified atom stereocenters. The van der Waals surface area contributed by atoms with Crippen molar-refractivity contribution in [1.29, 1.82) is 0 Å². The molecule has 0 saturated heterocycles. The number of hydrogen-bond acceptors (Lipinski definition) is 3. The lowest BCUT2D eigenvalue weighted by Crippen LogP contribution is -2.15. The van der Waals surface area contributed by atoms with E-state index in [2.05, 4.69) is 5.32 Å². The summed E-state index contributed by atoms with van der Waals surface area (Å²) >= 11 is 5.84. The lowest BCUT2D eigenvalue weighted by atomic mass is 10.2. The third kappa shape index (κ3) is 2.82. The van der Waals surface area contributed by atoms with E-state index in [0.29, 0.717) is 27.8 Å². The van der Waals surface area contributed by atoms with Crippen molar-refractivity contribution in [2.75, 3.05) is 18.2 Å². The number of nitrogen functional groups attached to an aromatic ring is 1. The second kappa shape index (κ2) is 5.24. The molecule has 5 nitrogen and oxygen atoms in total. The van der Waals surface area contributed by atoms with Gasteiger partial charge in [-0.15, -0.1) is 0 Å². The second-order valence-electron chi connectivity index (χ2n) is 4.07. The van der Waals surface area contributed by atoms with Crippen LogP contribution in [0.15, 0.2) is 30.5 Å². The van der Waals surface area contributed by atoms with Gasteiger partial charge in [-0.25, -0.2) is 0 Å². The highest BCUT2D eigenvalue weighted by atomic mass is 35.5. The average molecular weight is 280 g/mol. The number of carbonyl (C=O) groups is 1. The van der Waals surface area contributed by atoms with Crippen LogP contribution in [0.5, 0.6) is 5.75 Å². The lowest BCUT2D eigenvalue weighted by molar-refractivity contribution is 0.101. The predicted octanol–water partition coefficient (Wildman–Crippen LogP) is 2.52. The fraction of sp³-hybridized carbons (Fsp3) is 0.154. The summed E-state index contributed by atoms with van der Waals surface area (Å²) in [6, 6.07) is 6.65. The van der Waals surface area contributed by atoms with E-state index in [1.54, 1.807) is 42.1 Å². The lowest BCUT2D eigenvalue weighted by Gasteiger charge is -2.09. The highest BCUT2D eigenvalue weighted by Gasteiger charge is 2.12. The molecule has 2 aromatic rings. The van der Waals surface area contributed by atoms with E-state index in [1.165, 1.54) is 7.11 Å². The Kier molecular flexibility index (Phi) is 3.66. The maximum atomic E-state index is 12.1. The van der Waals surface area contributed by atoms with Gasteiger partial charge in [0.15, 0.2) is 0 Å². The molecule has 0 aliphatic carbocycles. The van der Waals surface area contributed by atoms with Gasteiger partial charge < -0.3 is 20.4 Å². The number of aryl methyl sites for hydroxylation is 1. The van der Waals surface area contributed by atoms with Crippen molar-refractivity contribution in [3.8, 4) is 5.75 Å². The Bertz CT molecular complexity index is 622. The third-order valence-corrected chi connectivity index (χ3v) is 2.90. The molecule has 1 aromatic heterocycles. The van der Waals surface area contributed by atoms with Gasteiger partial charge >= 0.3 is 0 Å². The number of methoxy groups -OCH3 is 1. The fourth-order valence-corrected chi connectivity index (χ4v) is 1.98. The van der Waals surface area contributed by atoms with Gasteiger partial charge in [0.1, 0.15) is 11.4 Å². The Hall–Kier alpha value is -2.14. The number of carbonyl (C=O) groups excluding carboxylic acids is 1. The molecule has 0 atom stereocenters. The Morgan fingerprint density at radius 2 is 2.16 bits per heavy atom. The van der Waals surface area contributed by atoms with Crippen LogP contribution in [0, 0.1) is 0 Å². The van der Waals surface area contributed by atoms with E-state index in [9.17, 15) is 4.79 Å². The average Bonchev–Trinajstić information content (AvgIpc) is 2.71. The molecular weight excluding hydrogens is 266 g/mol. The molecule has 0 radical (unpaired) electrons. The van der Waals surface area contributed by atoms with Gasteiger partial charge in [0, 0.05) is 25.0 Å². The number of rotatable bonds is 3. The first-order valence-electron chi connectivity index (χ1n) is 5.58. The number of nitrogens with zero attached hydrogens (tertiary/aromatic N) is 1. The largest absolute Gasteiger partial charge is 0.495 e. The summed E-state index contributed by atoms with van der Waals surface area (Å²) in [6.45, 7) is 0. The van der Waals surface area contributed by atoms with Crippen LogP contribution in [0.3, 0.4) is 0 Å². The summed E-state index contributed by atoms with van der Waals surface area (Å²) in [7, 11) is 3.28. The Labute approximate surface area is 115 Å². The molecule has 0 spiro atoms. The molecule has 0 aliphatic rings. The molecule has 1 amide bonds.